The molecule has 0 aromatic heterocycles. The molecule has 4 heteroatoms. The zero-order valence-electron chi connectivity index (χ0n) is 11.1. The number of nitrogens with one attached hydrogen (secondary N) is 1. The fraction of sp³-hybridized carbons (Fsp3) is 0.538. The van der Waals surface area contributed by atoms with Gasteiger partial charge in [0.05, 0.1) is 7.11 Å². The molecule has 4 nitrogen and oxygen atoms in total. The van der Waals surface area contributed by atoms with Crippen molar-refractivity contribution >= 4 is 5.69 Å². The molecule has 0 bridgehead atoms. The SMILES string of the molecule is COc1c(C)cc(NCC(N)CN)c(C)c1C. The zero-order valence-corrected chi connectivity index (χ0v) is 11.1. The largest absolute Gasteiger partial charge is 0.496 e. The van der Waals surface area contributed by atoms with Gasteiger partial charge >= 0.3 is 0 Å². The van der Waals surface area contributed by atoms with Gasteiger partial charge in [0.15, 0.2) is 0 Å². The lowest BCUT2D eigenvalue weighted by molar-refractivity contribution is 0.408. The van der Waals surface area contributed by atoms with Crippen LogP contribution < -0.4 is 21.5 Å². The molecular formula is C13H23N3O. The van der Waals surface area contributed by atoms with Crippen molar-refractivity contribution in [1.82, 2.24) is 0 Å². The molecule has 0 saturated carbocycles. The smallest absolute Gasteiger partial charge is 0.125 e. The van der Waals surface area contributed by atoms with Crippen LogP contribution in [0.2, 0.25) is 0 Å². The number of anilines is 1. The summed E-state index contributed by atoms with van der Waals surface area (Å²) in [6, 6.07) is 2.07. The van der Waals surface area contributed by atoms with Crippen molar-refractivity contribution < 1.29 is 4.74 Å². The molecule has 0 radical (unpaired) electrons. The highest BCUT2D eigenvalue weighted by Gasteiger charge is 2.10. The van der Waals surface area contributed by atoms with Crippen molar-refractivity contribution in [2.75, 3.05) is 25.5 Å². The molecule has 1 aromatic carbocycles. The first kappa shape index (κ1) is 13.8. The summed E-state index contributed by atoms with van der Waals surface area (Å²) in [5.41, 5.74) is 15.9. The monoisotopic (exact) mass is 237 g/mol. The van der Waals surface area contributed by atoms with Crippen LogP contribution in [0.3, 0.4) is 0 Å². The minimum atomic E-state index is -0.0166. The molecule has 0 fully saturated rings. The summed E-state index contributed by atoms with van der Waals surface area (Å²) < 4.78 is 5.39. The Labute approximate surface area is 103 Å². The summed E-state index contributed by atoms with van der Waals surface area (Å²) in [6.07, 6.45) is 0. The quantitative estimate of drug-likeness (QED) is 0.722. The van der Waals surface area contributed by atoms with Crippen molar-refractivity contribution in [3.8, 4) is 5.75 Å². The average molecular weight is 237 g/mol. The Hall–Kier alpha value is -1.26. The zero-order chi connectivity index (χ0) is 13.0. The third-order valence-corrected chi connectivity index (χ3v) is 3.09. The number of ether oxygens (including phenoxy) is 1. The van der Waals surface area contributed by atoms with E-state index < -0.39 is 0 Å². The van der Waals surface area contributed by atoms with Crippen LogP contribution in [0.4, 0.5) is 5.69 Å². The van der Waals surface area contributed by atoms with E-state index in [0.717, 1.165) is 22.6 Å². The summed E-state index contributed by atoms with van der Waals surface area (Å²) >= 11 is 0. The van der Waals surface area contributed by atoms with E-state index in [1.807, 2.05) is 6.92 Å². The van der Waals surface area contributed by atoms with Gasteiger partial charge in [0, 0.05) is 24.8 Å². The number of aryl methyl sites for hydroxylation is 1. The van der Waals surface area contributed by atoms with Crippen molar-refractivity contribution in [2.45, 2.75) is 26.8 Å². The second-order valence-corrected chi connectivity index (χ2v) is 4.40. The molecule has 0 heterocycles. The van der Waals surface area contributed by atoms with Gasteiger partial charge < -0.3 is 21.5 Å². The van der Waals surface area contributed by atoms with Crippen LogP contribution in [-0.2, 0) is 0 Å². The third kappa shape index (κ3) is 3.11. The van der Waals surface area contributed by atoms with Crippen LogP contribution in [0, 0.1) is 20.8 Å². The lowest BCUT2D eigenvalue weighted by Crippen LogP contribution is -2.36. The summed E-state index contributed by atoms with van der Waals surface area (Å²) in [6.45, 7) is 7.35. The molecule has 0 spiro atoms. The highest BCUT2D eigenvalue weighted by molar-refractivity contribution is 5.61. The van der Waals surface area contributed by atoms with Crippen LogP contribution in [0.15, 0.2) is 6.07 Å². The number of nitrogens with two attached hydrogens (primary N) is 2. The van der Waals surface area contributed by atoms with Gasteiger partial charge in [-0.3, -0.25) is 0 Å². The average Bonchev–Trinajstić information content (AvgIpc) is 2.32. The van der Waals surface area contributed by atoms with Gasteiger partial charge in [-0.05, 0) is 43.5 Å². The van der Waals surface area contributed by atoms with Gasteiger partial charge in [-0.2, -0.15) is 0 Å². The fourth-order valence-electron chi connectivity index (χ4n) is 1.88. The van der Waals surface area contributed by atoms with Crippen LogP contribution >= 0.6 is 0 Å². The second-order valence-electron chi connectivity index (χ2n) is 4.40. The van der Waals surface area contributed by atoms with Gasteiger partial charge in [0.1, 0.15) is 5.75 Å². The Morgan fingerprint density at radius 2 is 1.94 bits per heavy atom. The van der Waals surface area contributed by atoms with Crippen LogP contribution in [-0.4, -0.2) is 26.2 Å². The minimum Gasteiger partial charge on any atom is -0.496 e. The van der Waals surface area contributed by atoms with E-state index in [0.29, 0.717) is 13.1 Å². The first-order chi connectivity index (χ1) is 8.01. The standard InChI is InChI=1S/C13H23N3O/c1-8-5-12(16-7-11(15)6-14)9(2)10(3)13(8)17-4/h5,11,16H,6-7,14-15H2,1-4H3. The molecule has 17 heavy (non-hydrogen) atoms. The number of methoxy groups -OCH3 is 1. The van der Waals surface area contributed by atoms with E-state index in [4.69, 9.17) is 16.2 Å². The van der Waals surface area contributed by atoms with Crippen LogP contribution in [0.25, 0.3) is 0 Å². The Morgan fingerprint density at radius 3 is 2.47 bits per heavy atom. The Bertz CT molecular complexity index is 391. The highest BCUT2D eigenvalue weighted by atomic mass is 16.5. The van der Waals surface area contributed by atoms with Crippen LogP contribution in [0.5, 0.6) is 5.75 Å². The van der Waals surface area contributed by atoms with E-state index >= 15 is 0 Å². The lowest BCUT2D eigenvalue weighted by Gasteiger charge is -2.18. The van der Waals surface area contributed by atoms with Crippen molar-refractivity contribution in [3.63, 3.8) is 0 Å². The third-order valence-electron chi connectivity index (χ3n) is 3.09. The number of hydrogen-bond acceptors (Lipinski definition) is 4. The predicted molar refractivity (Wildman–Crippen MR) is 72.7 cm³/mol. The first-order valence-electron chi connectivity index (χ1n) is 5.85. The van der Waals surface area contributed by atoms with E-state index in [2.05, 4.69) is 25.2 Å². The van der Waals surface area contributed by atoms with Gasteiger partial charge in [-0.1, -0.05) is 0 Å². The van der Waals surface area contributed by atoms with Gasteiger partial charge in [0.2, 0.25) is 0 Å². The molecule has 0 saturated heterocycles. The van der Waals surface area contributed by atoms with Gasteiger partial charge in [-0.15, -0.1) is 0 Å². The summed E-state index contributed by atoms with van der Waals surface area (Å²) in [5.74, 6) is 0.955. The maximum atomic E-state index is 5.79. The molecule has 0 aliphatic heterocycles. The summed E-state index contributed by atoms with van der Waals surface area (Å²) in [4.78, 5) is 0. The molecular weight excluding hydrogens is 214 g/mol. The normalized spacial score (nSPS) is 12.4. The maximum Gasteiger partial charge on any atom is 0.125 e. The number of hydrogen-bond donors (Lipinski definition) is 3. The molecule has 0 aliphatic carbocycles. The van der Waals surface area contributed by atoms with Gasteiger partial charge in [-0.25, -0.2) is 0 Å². The lowest BCUT2D eigenvalue weighted by atomic mass is 10.0. The van der Waals surface area contributed by atoms with Crippen molar-refractivity contribution in [2.24, 2.45) is 11.5 Å². The molecule has 1 atom stereocenters. The van der Waals surface area contributed by atoms with Gasteiger partial charge in [0.25, 0.3) is 0 Å². The van der Waals surface area contributed by atoms with Crippen molar-refractivity contribution in [1.29, 1.82) is 0 Å². The number of benzene rings is 1. The molecule has 0 amide bonds. The second kappa shape index (κ2) is 5.89. The Kier molecular flexibility index (Phi) is 4.78. The molecule has 5 N–H and O–H groups in total. The number of rotatable bonds is 5. The van der Waals surface area contributed by atoms with E-state index in [1.54, 1.807) is 7.11 Å². The molecule has 1 aromatic rings. The fourth-order valence-corrected chi connectivity index (χ4v) is 1.88. The molecule has 1 rings (SSSR count). The summed E-state index contributed by atoms with van der Waals surface area (Å²) in [5, 5.41) is 3.34. The molecule has 1 unspecified atom stereocenters. The Balaban J connectivity index is 2.94. The van der Waals surface area contributed by atoms with E-state index in [1.165, 1.54) is 5.56 Å². The highest BCUT2D eigenvalue weighted by Crippen LogP contribution is 2.31. The Morgan fingerprint density at radius 1 is 1.29 bits per heavy atom. The molecule has 96 valence electrons. The topological polar surface area (TPSA) is 73.3 Å². The van der Waals surface area contributed by atoms with Crippen molar-refractivity contribution in [3.05, 3.63) is 22.8 Å². The van der Waals surface area contributed by atoms with Crippen LogP contribution in [0.1, 0.15) is 16.7 Å². The minimum absolute atomic E-state index is 0.0166. The van der Waals surface area contributed by atoms with E-state index in [9.17, 15) is 0 Å². The molecule has 0 aliphatic rings. The van der Waals surface area contributed by atoms with E-state index in [-0.39, 0.29) is 6.04 Å². The first-order valence-corrected chi connectivity index (χ1v) is 5.85. The predicted octanol–water partition coefficient (Wildman–Crippen LogP) is 1.32. The maximum absolute atomic E-state index is 5.79. The summed E-state index contributed by atoms with van der Waals surface area (Å²) in [7, 11) is 1.70.